The van der Waals surface area contributed by atoms with Crippen LogP contribution < -0.4 is 20.9 Å². The van der Waals surface area contributed by atoms with Crippen LogP contribution in [0.1, 0.15) is 15.2 Å². The lowest BCUT2D eigenvalue weighted by Crippen LogP contribution is -2.46. The van der Waals surface area contributed by atoms with Gasteiger partial charge in [-0.1, -0.05) is 23.7 Å². The third kappa shape index (κ3) is 4.87. The lowest BCUT2D eigenvalue weighted by Gasteiger charge is -2.11. The Morgan fingerprint density at radius 1 is 1.23 bits per heavy atom. The Hall–Kier alpha value is -1.83. The molecule has 0 atom stereocenters. The second-order valence-electron chi connectivity index (χ2n) is 4.21. The first-order chi connectivity index (χ1) is 10.6. The SMILES string of the molecule is COc1ccc(CNC(=S)NNC(=O)c2ccc(Cl)s2)cc1. The van der Waals surface area contributed by atoms with E-state index in [-0.39, 0.29) is 5.91 Å². The molecule has 0 aliphatic carbocycles. The molecule has 1 heterocycles. The van der Waals surface area contributed by atoms with Gasteiger partial charge in [-0.15, -0.1) is 11.3 Å². The van der Waals surface area contributed by atoms with Gasteiger partial charge in [0.15, 0.2) is 5.11 Å². The molecule has 0 saturated carbocycles. The maximum Gasteiger partial charge on any atom is 0.279 e. The first-order valence-corrected chi connectivity index (χ1v) is 7.91. The molecule has 0 spiro atoms. The van der Waals surface area contributed by atoms with Crippen LogP contribution in [-0.4, -0.2) is 18.1 Å². The van der Waals surface area contributed by atoms with Crippen molar-refractivity contribution < 1.29 is 9.53 Å². The standard InChI is InChI=1S/C14H14ClN3O2S2/c1-20-10-4-2-9(3-5-10)8-16-14(21)18-17-13(19)11-6-7-12(15)22-11/h2-7H,8H2,1H3,(H,17,19)(H2,16,18,21). The van der Waals surface area contributed by atoms with Gasteiger partial charge in [0.25, 0.3) is 5.91 Å². The molecule has 0 aliphatic heterocycles. The number of carbonyl (C=O) groups excluding carboxylic acids is 1. The van der Waals surface area contributed by atoms with Crippen molar-refractivity contribution in [2.24, 2.45) is 0 Å². The van der Waals surface area contributed by atoms with Crippen LogP contribution in [0.25, 0.3) is 0 Å². The third-order valence-electron chi connectivity index (χ3n) is 2.70. The van der Waals surface area contributed by atoms with E-state index in [9.17, 15) is 4.79 Å². The van der Waals surface area contributed by atoms with Crippen molar-refractivity contribution >= 4 is 46.2 Å². The summed E-state index contributed by atoms with van der Waals surface area (Å²) < 4.78 is 5.65. The van der Waals surface area contributed by atoms with Crippen molar-refractivity contribution in [1.82, 2.24) is 16.2 Å². The molecule has 0 bridgehead atoms. The molecule has 22 heavy (non-hydrogen) atoms. The van der Waals surface area contributed by atoms with Gasteiger partial charge in [-0.25, -0.2) is 0 Å². The molecule has 2 aromatic rings. The van der Waals surface area contributed by atoms with Gasteiger partial charge in [-0.2, -0.15) is 0 Å². The van der Waals surface area contributed by atoms with E-state index in [1.807, 2.05) is 24.3 Å². The van der Waals surface area contributed by atoms with Gasteiger partial charge in [-0.05, 0) is 42.0 Å². The number of rotatable bonds is 4. The number of amides is 1. The van der Waals surface area contributed by atoms with E-state index < -0.39 is 0 Å². The lowest BCUT2D eigenvalue weighted by atomic mass is 10.2. The molecule has 1 aromatic carbocycles. The Bertz CT molecular complexity index is 658. The van der Waals surface area contributed by atoms with Crippen LogP contribution in [0.4, 0.5) is 0 Å². The molecule has 5 nitrogen and oxygen atoms in total. The number of nitrogens with one attached hydrogen (secondary N) is 3. The zero-order valence-electron chi connectivity index (χ0n) is 11.7. The number of hydrazine groups is 1. The van der Waals surface area contributed by atoms with Gasteiger partial charge in [-0.3, -0.25) is 15.6 Å². The van der Waals surface area contributed by atoms with Crippen LogP contribution in [0.5, 0.6) is 5.75 Å². The molecule has 0 fully saturated rings. The second kappa shape index (κ2) is 7.98. The minimum Gasteiger partial charge on any atom is -0.497 e. The highest BCUT2D eigenvalue weighted by molar-refractivity contribution is 7.80. The van der Waals surface area contributed by atoms with Crippen molar-refractivity contribution in [3.05, 3.63) is 51.2 Å². The normalized spacial score (nSPS) is 9.91. The number of methoxy groups -OCH3 is 1. The van der Waals surface area contributed by atoms with Crippen molar-refractivity contribution in [2.45, 2.75) is 6.54 Å². The zero-order valence-corrected chi connectivity index (χ0v) is 14.1. The molecule has 1 aromatic heterocycles. The van der Waals surface area contributed by atoms with Crippen LogP contribution in [-0.2, 0) is 6.54 Å². The van der Waals surface area contributed by atoms with Gasteiger partial charge < -0.3 is 10.1 Å². The Kier molecular flexibility index (Phi) is 6.00. The van der Waals surface area contributed by atoms with Crippen molar-refractivity contribution in [3.8, 4) is 5.75 Å². The predicted molar refractivity (Wildman–Crippen MR) is 92.4 cm³/mol. The molecule has 0 saturated heterocycles. The average molecular weight is 356 g/mol. The molecule has 0 radical (unpaired) electrons. The molecule has 3 N–H and O–H groups in total. The number of ether oxygens (including phenoxy) is 1. The smallest absolute Gasteiger partial charge is 0.279 e. The largest absolute Gasteiger partial charge is 0.497 e. The van der Waals surface area contributed by atoms with Crippen molar-refractivity contribution in [3.63, 3.8) is 0 Å². The summed E-state index contributed by atoms with van der Waals surface area (Å²) in [4.78, 5) is 12.3. The predicted octanol–water partition coefficient (Wildman–Crippen LogP) is 2.72. The number of benzene rings is 1. The Balaban J connectivity index is 1.74. The number of hydrogen-bond donors (Lipinski definition) is 3. The molecule has 8 heteroatoms. The number of halogens is 1. The summed E-state index contributed by atoms with van der Waals surface area (Å²) in [6.07, 6.45) is 0. The fourth-order valence-corrected chi connectivity index (χ4v) is 2.64. The number of thiocarbonyl (C=S) groups is 1. The first-order valence-electron chi connectivity index (χ1n) is 6.31. The molecule has 116 valence electrons. The van der Waals surface area contributed by atoms with Gasteiger partial charge in [0.05, 0.1) is 16.3 Å². The molecular weight excluding hydrogens is 342 g/mol. The highest BCUT2D eigenvalue weighted by atomic mass is 35.5. The van der Waals surface area contributed by atoms with Gasteiger partial charge in [0.1, 0.15) is 5.75 Å². The molecule has 2 rings (SSSR count). The average Bonchev–Trinajstić information content (AvgIpc) is 2.97. The van der Waals surface area contributed by atoms with Gasteiger partial charge >= 0.3 is 0 Å². The summed E-state index contributed by atoms with van der Waals surface area (Å²) in [5.74, 6) is 0.511. The Labute approximate surface area is 142 Å². The zero-order chi connectivity index (χ0) is 15.9. The van der Waals surface area contributed by atoms with Gasteiger partial charge in [0, 0.05) is 6.54 Å². The van der Waals surface area contributed by atoms with E-state index >= 15 is 0 Å². The molecule has 0 unspecified atom stereocenters. The highest BCUT2D eigenvalue weighted by Gasteiger charge is 2.08. The van der Waals surface area contributed by atoms with E-state index in [4.69, 9.17) is 28.6 Å². The minimum absolute atomic E-state index is 0.287. The number of thiophene rings is 1. The van der Waals surface area contributed by atoms with Crippen LogP contribution in [0.3, 0.4) is 0 Å². The van der Waals surface area contributed by atoms with Crippen LogP contribution in [0.2, 0.25) is 4.34 Å². The summed E-state index contributed by atoms with van der Waals surface area (Å²) >= 11 is 12.1. The monoisotopic (exact) mass is 355 g/mol. The first kappa shape index (κ1) is 16.5. The van der Waals surface area contributed by atoms with E-state index in [1.165, 1.54) is 11.3 Å². The van der Waals surface area contributed by atoms with Crippen molar-refractivity contribution in [2.75, 3.05) is 7.11 Å². The fraction of sp³-hybridized carbons (Fsp3) is 0.143. The number of hydrogen-bond acceptors (Lipinski definition) is 4. The lowest BCUT2D eigenvalue weighted by molar-refractivity contribution is 0.0948. The third-order valence-corrected chi connectivity index (χ3v) is 4.17. The number of carbonyl (C=O) groups is 1. The quantitative estimate of drug-likeness (QED) is 0.581. The van der Waals surface area contributed by atoms with E-state index in [0.717, 1.165) is 11.3 Å². The summed E-state index contributed by atoms with van der Waals surface area (Å²) in [5, 5.41) is 3.32. The summed E-state index contributed by atoms with van der Waals surface area (Å²) in [6.45, 7) is 0.538. The summed E-state index contributed by atoms with van der Waals surface area (Å²) in [5.41, 5.74) is 6.19. The molecule has 1 amide bonds. The van der Waals surface area contributed by atoms with Crippen LogP contribution >= 0.6 is 35.2 Å². The second-order valence-corrected chi connectivity index (χ2v) is 6.34. The Morgan fingerprint density at radius 2 is 1.95 bits per heavy atom. The highest BCUT2D eigenvalue weighted by Crippen LogP contribution is 2.20. The fourth-order valence-electron chi connectivity index (χ4n) is 1.58. The molecule has 0 aliphatic rings. The summed E-state index contributed by atoms with van der Waals surface area (Å²) in [6, 6.07) is 10.9. The maximum atomic E-state index is 11.8. The summed E-state index contributed by atoms with van der Waals surface area (Å²) in [7, 11) is 1.62. The van der Waals surface area contributed by atoms with Crippen LogP contribution in [0.15, 0.2) is 36.4 Å². The van der Waals surface area contributed by atoms with E-state index in [2.05, 4.69) is 16.2 Å². The Morgan fingerprint density at radius 3 is 2.55 bits per heavy atom. The van der Waals surface area contributed by atoms with Crippen molar-refractivity contribution in [1.29, 1.82) is 0 Å². The molecular formula is C14H14ClN3O2S2. The maximum absolute atomic E-state index is 11.8. The van der Waals surface area contributed by atoms with Gasteiger partial charge in [0.2, 0.25) is 0 Å². The van der Waals surface area contributed by atoms with Crippen LogP contribution in [0, 0.1) is 0 Å². The van der Waals surface area contributed by atoms with E-state index in [1.54, 1.807) is 19.2 Å². The topological polar surface area (TPSA) is 62.4 Å². The minimum atomic E-state index is -0.287. The van der Waals surface area contributed by atoms with E-state index in [0.29, 0.717) is 20.9 Å².